The minimum Gasteiger partial charge on any atom is -0.496 e. The minimum atomic E-state index is -0.0750. The van der Waals surface area contributed by atoms with Gasteiger partial charge in [0.15, 0.2) is 0 Å². The molecule has 142 valence electrons. The molecule has 3 N–H and O–H groups in total. The summed E-state index contributed by atoms with van der Waals surface area (Å²) in [6.45, 7) is 6.00. The number of H-pyrrole nitrogens is 1. The Bertz CT molecular complexity index is 1250. The molecule has 0 spiro atoms. The van der Waals surface area contributed by atoms with E-state index in [9.17, 15) is 4.79 Å². The van der Waals surface area contributed by atoms with Gasteiger partial charge in [-0.2, -0.15) is 0 Å². The van der Waals surface area contributed by atoms with Gasteiger partial charge in [0.25, 0.3) is 5.56 Å². The second-order valence-corrected chi connectivity index (χ2v) is 7.43. The first-order valence-electron chi connectivity index (χ1n) is 9.40. The van der Waals surface area contributed by atoms with Crippen LogP contribution in [0.1, 0.15) is 29.7 Å². The second kappa shape index (κ2) is 6.80. The number of hydrogen-bond donors (Lipinski definition) is 2. The highest BCUT2D eigenvalue weighted by Gasteiger charge is 2.18. The third kappa shape index (κ3) is 2.86. The number of ether oxygens (including phenoxy) is 1. The molecule has 0 saturated heterocycles. The van der Waals surface area contributed by atoms with Crippen molar-refractivity contribution in [3.63, 3.8) is 0 Å². The number of aromatic nitrogens is 1. The van der Waals surface area contributed by atoms with Crippen LogP contribution in [0.3, 0.4) is 0 Å². The Balaban J connectivity index is 2.19. The average molecular weight is 372 g/mol. The number of benzene rings is 3. The Morgan fingerprint density at radius 2 is 1.71 bits per heavy atom. The molecule has 0 aliphatic carbocycles. The number of nitrogens with one attached hydrogen (secondary N) is 1. The Morgan fingerprint density at radius 1 is 1.00 bits per heavy atom. The van der Waals surface area contributed by atoms with Gasteiger partial charge in [0.05, 0.1) is 12.6 Å². The number of hydrogen-bond acceptors (Lipinski definition) is 3. The van der Waals surface area contributed by atoms with Crippen molar-refractivity contribution in [1.29, 1.82) is 0 Å². The van der Waals surface area contributed by atoms with Gasteiger partial charge < -0.3 is 15.5 Å². The van der Waals surface area contributed by atoms with Crippen LogP contribution in [0.15, 0.2) is 53.3 Å². The molecule has 0 unspecified atom stereocenters. The van der Waals surface area contributed by atoms with Crippen LogP contribution in [0.25, 0.3) is 32.8 Å². The molecule has 0 aliphatic heterocycles. The van der Waals surface area contributed by atoms with Gasteiger partial charge in [-0.3, -0.25) is 4.79 Å². The molecular weight excluding hydrogens is 348 g/mol. The van der Waals surface area contributed by atoms with E-state index >= 15 is 0 Å². The van der Waals surface area contributed by atoms with Crippen LogP contribution in [0, 0.1) is 13.8 Å². The summed E-state index contributed by atoms with van der Waals surface area (Å²) < 4.78 is 5.76. The summed E-state index contributed by atoms with van der Waals surface area (Å²) in [6, 6.07) is 16.1. The van der Waals surface area contributed by atoms with Gasteiger partial charge >= 0.3 is 0 Å². The zero-order valence-electron chi connectivity index (χ0n) is 16.6. The fraction of sp³-hybridized carbons (Fsp3) is 0.208. The molecule has 4 heteroatoms. The normalized spacial score (nSPS) is 12.5. The number of rotatable bonds is 3. The summed E-state index contributed by atoms with van der Waals surface area (Å²) in [5.74, 6) is 0.786. The fourth-order valence-electron chi connectivity index (χ4n) is 3.86. The molecule has 4 aromatic rings. The van der Waals surface area contributed by atoms with E-state index in [1.54, 1.807) is 7.11 Å². The molecule has 4 nitrogen and oxygen atoms in total. The predicted molar refractivity (Wildman–Crippen MR) is 116 cm³/mol. The monoisotopic (exact) mass is 372 g/mol. The van der Waals surface area contributed by atoms with Crippen molar-refractivity contribution in [3.05, 3.63) is 75.6 Å². The molecular formula is C24H24N2O2. The third-order valence-electron chi connectivity index (χ3n) is 5.36. The van der Waals surface area contributed by atoms with Crippen LogP contribution in [-0.4, -0.2) is 12.1 Å². The van der Waals surface area contributed by atoms with Gasteiger partial charge in [-0.05, 0) is 55.0 Å². The van der Waals surface area contributed by atoms with Crippen LogP contribution in [-0.2, 0) is 0 Å². The lowest BCUT2D eigenvalue weighted by atomic mass is 9.92. The Morgan fingerprint density at radius 3 is 2.36 bits per heavy atom. The fourth-order valence-corrected chi connectivity index (χ4v) is 3.86. The summed E-state index contributed by atoms with van der Waals surface area (Å²) in [5.41, 5.74) is 11.9. The first-order chi connectivity index (χ1) is 13.4. The molecule has 0 fully saturated rings. The van der Waals surface area contributed by atoms with Crippen LogP contribution < -0.4 is 16.0 Å². The van der Waals surface area contributed by atoms with E-state index in [-0.39, 0.29) is 11.6 Å². The van der Waals surface area contributed by atoms with Crippen LogP contribution in [0.2, 0.25) is 0 Å². The zero-order valence-corrected chi connectivity index (χ0v) is 16.6. The first-order valence-corrected chi connectivity index (χ1v) is 9.40. The molecule has 0 amide bonds. The van der Waals surface area contributed by atoms with Crippen molar-refractivity contribution in [2.24, 2.45) is 5.73 Å². The van der Waals surface area contributed by atoms with E-state index < -0.39 is 0 Å². The summed E-state index contributed by atoms with van der Waals surface area (Å²) >= 11 is 0. The van der Waals surface area contributed by atoms with E-state index in [1.807, 2.05) is 51.1 Å². The summed E-state index contributed by atoms with van der Waals surface area (Å²) in [7, 11) is 1.68. The second-order valence-electron chi connectivity index (χ2n) is 7.43. The summed E-state index contributed by atoms with van der Waals surface area (Å²) in [4.78, 5) is 15.8. The molecule has 0 bridgehead atoms. The van der Waals surface area contributed by atoms with Crippen molar-refractivity contribution in [3.8, 4) is 16.9 Å². The van der Waals surface area contributed by atoms with E-state index in [0.717, 1.165) is 49.9 Å². The molecule has 1 atom stereocenters. The highest BCUT2D eigenvalue weighted by atomic mass is 16.5. The molecule has 4 rings (SSSR count). The lowest BCUT2D eigenvalue weighted by Crippen LogP contribution is -2.08. The van der Waals surface area contributed by atoms with Crippen LogP contribution in [0.5, 0.6) is 5.75 Å². The van der Waals surface area contributed by atoms with Gasteiger partial charge in [0.1, 0.15) is 5.75 Å². The standard InChI is InChI=1S/C24H24N2O2/c1-13-5-10-18-19(11-13)22-21(17-8-6-16(7-9-17)15(3)25)20(28-4)12-14(2)23(22)26-24(18)27/h5-12,15H,25H2,1-4H3,(H,26,27)/t15-/m1/s1. The van der Waals surface area contributed by atoms with Gasteiger partial charge in [-0.15, -0.1) is 0 Å². The van der Waals surface area contributed by atoms with Crippen molar-refractivity contribution < 1.29 is 4.74 Å². The van der Waals surface area contributed by atoms with Gasteiger partial charge in [0, 0.05) is 22.4 Å². The van der Waals surface area contributed by atoms with Crippen LogP contribution >= 0.6 is 0 Å². The summed E-state index contributed by atoms with van der Waals surface area (Å²) in [6.07, 6.45) is 0. The predicted octanol–water partition coefficient (Wildman–Crippen LogP) is 4.99. The van der Waals surface area contributed by atoms with Gasteiger partial charge in [-0.1, -0.05) is 42.0 Å². The topological polar surface area (TPSA) is 68.1 Å². The van der Waals surface area contributed by atoms with E-state index in [1.165, 1.54) is 0 Å². The lowest BCUT2D eigenvalue weighted by molar-refractivity contribution is 0.416. The van der Waals surface area contributed by atoms with E-state index in [4.69, 9.17) is 10.5 Å². The molecule has 0 aliphatic rings. The van der Waals surface area contributed by atoms with Gasteiger partial charge in [0.2, 0.25) is 0 Å². The maximum atomic E-state index is 12.7. The van der Waals surface area contributed by atoms with Crippen molar-refractivity contribution in [2.45, 2.75) is 26.8 Å². The zero-order chi connectivity index (χ0) is 20.0. The number of methoxy groups -OCH3 is 1. The van der Waals surface area contributed by atoms with Crippen molar-refractivity contribution >= 4 is 21.7 Å². The largest absolute Gasteiger partial charge is 0.496 e. The van der Waals surface area contributed by atoms with E-state index in [2.05, 4.69) is 23.2 Å². The Hall–Kier alpha value is -3.11. The first kappa shape index (κ1) is 18.3. The van der Waals surface area contributed by atoms with Crippen molar-refractivity contribution in [1.82, 2.24) is 4.98 Å². The Labute approximate surface area is 164 Å². The highest BCUT2D eigenvalue weighted by molar-refractivity contribution is 6.15. The Kier molecular flexibility index (Phi) is 4.44. The van der Waals surface area contributed by atoms with Gasteiger partial charge in [-0.25, -0.2) is 0 Å². The molecule has 0 saturated carbocycles. The van der Waals surface area contributed by atoms with Crippen LogP contribution in [0.4, 0.5) is 0 Å². The molecule has 3 aromatic carbocycles. The SMILES string of the molecule is COc1cc(C)c2[nH]c(=O)c3ccc(C)cc3c2c1-c1ccc([C@@H](C)N)cc1. The summed E-state index contributed by atoms with van der Waals surface area (Å²) in [5, 5.41) is 2.62. The average Bonchev–Trinajstić information content (AvgIpc) is 2.68. The highest BCUT2D eigenvalue weighted by Crippen LogP contribution is 2.41. The molecule has 0 radical (unpaired) electrons. The number of aryl methyl sites for hydroxylation is 2. The number of nitrogens with two attached hydrogens (primary N) is 1. The maximum Gasteiger partial charge on any atom is 0.256 e. The third-order valence-corrected chi connectivity index (χ3v) is 5.36. The number of aromatic amines is 1. The molecule has 1 heterocycles. The quantitative estimate of drug-likeness (QED) is 0.498. The number of pyridine rings is 1. The molecule has 28 heavy (non-hydrogen) atoms. The maximum absolute atomic E-state index is 12.7. The smallest absolute Gasteiger partial charge is 0.256 e. The number of fused-ring (bicyclic) bond motifs is 3. The lowest BCUT2D eigenvalue weighted by Gasteiger charge is -2.17. The van der Waals surface area contributed by atoms with E-state index in [0.29, 0.717) is 5.39 Å². The minimum absolute atomic E-state index is 0.0226. The molecule has 1 aromatic heterocycles. The van der Waals surface area contributed by atoms with Crippen molar-refractivity contribution in [2.75, 3.05) is 7.11 Å².